The van der Waals surface area contributed by atoms with Gasteiger partial charge in [-0.3, -0.25) is 0 Å². The number of hydrogen-bond donors (Lipinski definition) is 0. The number of benzene rings is 9. The molecule has 0 aliphatic heterocycles. The van der Waals surface area contributed by atoms with E-state index in [9.17, 15) is 0 Å². The van der Waals surface area contributed by atoms with E-state index in [4.69, 9.17) is 4.42 Å². The molecule has 11 rings (SSSR count). The van der Waals surface area contributed by atoms with E-state index < -0.39 is 0 Å². The largest absolute Gasteiger partial charge is 0.416 e. The normalized spacial score (nSPS) is 11.4. The molecule has 59 heavy (non-hydrogen) atoms. The number of para-hydroxylation sites is 2. The summed E-state index contributed by atoms with van der Waals surface area (Å²) in [6.45, 7) is 0. The van der Waals surface area contributed by atoms with Crippen molar-refractivity contribution in [3.8, 4) is 50.8 Å². The number of rotatable bonds is 8. The molecule has 0 aliphatic rings. The molecule has 0 saturated heterocycles. The minimum absolute atomic E-state index is 0.481. The van der Waals surface area contributed by atoms with Crippen molar-refractivity contribution in [2.24, 2.45) is 0 Å². The van der Waals surface area contributed by atoms with Gasteiger partial charge in [-0.1, -0.05) is 127 Å². The smallest absolute Gasteiger partial charge is 0.248 e. The van der Waals surface area contributed by atoms with Crippen LogP contribution in [0.15, 0.2) is 223 Å². The first-order chi connectivity index (χ1) is 29.2. The zero-order valence-electron chi connectivity index (χ0n) is 32.0. The Kier molecular flexibility index (Phi) is 8.41. The molecule has 0 amide bonds. The molecule has 9 aromatic carbocycles. The highest BCUT2D eigenvalue weighted by Crippen LogP contribution is 2.40. The van der Waals surface area contributed by atoms with Gasteiger partial charge < -0.3 is 13.9 Å². The fraction of sp³-hybridized carbons (Fsp3) is 0. The average Bonchev–Trinajstić information content (AvgIpc) is 3.94. The Balaban J connectivity index is 0.967. The summed E-state index contributed by atoms with van der Waals surface area (Å²) < 4.78 is 8.46. The van der Waals surface area contributed by atoms with Gasteiger partial charge in [0, 0.05) is 44.6 Å². The van der Waals surface area contributed by atoms with Crippen molar-refractivity contribution in [3.05, 3.63) is 218 Å². The van der Waals surface area contributed by atoms with E-state index >= 15 is 0 Å². The third-order valence-electron chi connectivity index (χ3n) is 11.2. The van der Waals surface area contributed by atoms with E-state index in [0.29, 0.717) is 11.8 Å². The van der Waals surface area contributed by atoms with Crippen LogP contribution in [0, 0.1) is 0 Å². The lowest BCUT2D eigenvalue weighted by molar-refractivity contribution is 0.584. The number of anilines is 3. The van der Waals surface area contributed by atoms with Crippen LogP contribution >= 0.6 is 0 Å². The second kappa shape index (κ2) is 14.5. The van der Waals surface area contributed by atoms with Gasteiger partial charge in [0.05, 0.1) is 11.0 Å². The third kappa shape index (κ3) is 6.22. The molecule has 5 heteroatoms. The predicted octanol–water partition coefficient (Wildman–Crippen LogP) is 14.5. The first-order valence-corrected chi connectivity index (χ1v) is 19.8. The minimum atomic E-state index is 0.481. The molecular formula is C54H36N4O. The Morgan fingerprint density at radius 3 is 1.56 bits per heavy atom. The molecule has 0 atom stereocenters. The van der Waals surface area contributed by atoms with Gasteiger partial charge in [0.15, 0.2) is 0 Å². The lowest BCUT2D eigenvalue weighted by Crippen LogP contribution is -2.09. The molecule has 0 N–H and O–H groups in total. The average molecular weight is 757 g/mol. The molecule has 278 valence electrons. The van der Waals surface area contributed by atoms with Gasteiger partial charge in [-0.05, 0) is 124 Å². The molecule has 0 saturated carbocycles. The summed E-state index contributed by atoms with van der Waals surface area (Å²) in [4.78, 5) is 2.29. The Labute approximate surface area is 341 Å². The SMILES string of the molecule is c1ccc(-c2nnc(-c3ccc(N(c4ccc(-c5ccc6c(c5)c5ccccc5n6-c5ccccc5)cc4)c4ccc(-c5cccc6ccccc56)cc4)cc3)o2)cc1. The second-order valence-electron chi connectivity index (χ2n) is 14.7. The standard InChI is InChI=1S/C54H36N4O/c1-3-13-40(14-4-1)53-55-56-54(59-53)41-26-33-46(34-27-41)57(45-31-24-39(25-32-45)48-20-11-15-38-12-7-8-18-47(38)48)44-29-22-37(23-30-44)42-28-35-52-50(36-42)49-19-9-10-21-51(49)58(52)43-16-5-2-6-17-43/h1-36H. The Morgan fingerprint density at radius 1 is 0.356 bits per heavy atom. The van der Waals surface area contributed by atoms with Crippen molar-refractivity contribution in [1.29, 1.82) is 0 Å². The highest BCUT2D eigenvalue weighted by molar-refractivity contribution is 6.10. The Bertz CT molecular complexity index is 3240. The van der Waals surface area contributed by atoms with Gasteiger partial charge in [0.2, 0.25) is 11.8 Å². The van der Waals surface area contributed by atoms with Gasteiger partial charge in [-0.2, -0.15) is 0 Å². The summed E-state index contributed by atoms with van der Waals surface area (Å²) in [6.07, 6.45) is 0. The van der Waals surface area contributed by atoms with Crippen molar-refractivity contribution in [3.63, 3.8) is 0 Å². The van der Waals surface area contributed by atoms with Crippen LogP contribution < -0.4 is 4.90 Å². The molecule has 0 radical (unpaired) electrons. The Morgan fingerprint density at radius 2 is 0.864 bits per heavy atom. The van der Waals surface area contributed by atoms with Gasteiger partial charge >= 0.3 is 0 Å². The predicted molar refractivity (Wildman–Crippen MR) is 243 cm³/mol. The zero-order chi connectivity index (χ0) is 39.1. The molecular weight excluding hydrogens is 721 g/mol. The summed E-state index contributed by atoms with van der Waals surface area (Å²) in [6, 6.07) is 77.0. The summed E-state index contributed by atoms with van der Waals surface area (Å²) in [5.41, 5.74) is 13.1. The van der Waals surface area contributed by atoms with Gasteiger partial charge in [-0.15, -0.1) is 10.2 Å². The van der Waals surface area contributed by atoms with Crippen molar-refractivity contribution < 1.29 is 4.42 Å². The van der Waals surface area contributed by atoms with Crippen LogP contribution in [0.3, 0.4) is 0 Å². The van der Waals surface area contributed by atoms with Crippen LogP contribution in [0.2, 0.25) is 0 Å². The highest BCUT2D eigenvalue weighted by atomic mass is 16.4. The van der Waals surface area contributed by atoms with Crippen LogP contribution in [0.25, 0.3) is 83.4 Å². The minimum Gasteiger partial charge on any atom is -0.416 e. The molecule has 0 bridgehead atoms. The van der Waals surface area contributed by atoms with Crippen LogP contribution in [-0.2, 0) is 0 Å². The zero-order valence-corrected chi connectivity index (χ0v) is 32.0. The molecule has 0 spiro atoms. The lowest BCUT2D eigenvalue weighted by atomic mass is 9.98. The molecule has 0 fully saturated rings. The molecule has 5 nitrogen and oxygen atoms in total. The van der Waals surface area contributed by atoms with Crippen LogP contribution in [0.4, 0.5) is 17.1 Å². The van der Waals surface area contributed by atoms with Crippen molar-refractivity contribution in [2.75, 3.05) is 4.90 Å². The van der Waals surface area contributed by atoms with E-state index in [2.05, 4.69) is 196 Å². The molecule has 0 unspecified atom stereocenters. The van der Waals surface area contributed by atoms with Gasteiger partial charge in [0.1, 0.15) is 0 Å². The van der Waals surface area contributed by atoms with E-state index in [1.807, 2.05) is 42.5 Å². The lowest BCUT2D eigenvalue weighted by Gasteiger charge is -2.26. The quantitative estimate of drug-likeness (QED) is 0.155. The summed E-state index contributed by atoms with van der Waals surface area (Å²) in [5.74, 6) is 0.980. The second-order valence-corrected chi connectivity index (χ2v) is 14.7. The van der Waals surface area contributed by atoms with Gasteiger partial charge in [0.25, 0.3) is 0 Å². The number of fused-ring (bicyclic) bond motifs is 4. The van der Waals surface area contributed by atoms with E-state index in [1.54, 1.807) is 0 Å². The summed E-state index contributed by atoms with van der Waals surface area (Å²) in [7, 11) is 0. The fourth-order valence-corrected chi connectivity index (χ4v) is 8.32. The first-order valence-electron chi connectivity index (χ1n) is 19.8. The van der Waals surface area contributed by atoms with Crippen molar-refractivity contribution >= 4 is 49.6 Å². The van der Waals surface area contributed by atoms with Gasteiger partial charge in [-0.25, -0.2) is 0 Å². The summed E-state index contributed by atoms with van der Waals surface area (Å²) in [5, 5.41) is 13.6. The summed E-state index contributed by atoms with van der Waals surface area (Å²) >= 11 is 0. The number of hydrogen-bond acceptors (Lipinski definition) is 4. The van der Waals surface area contributed by atoms with Crippen LogP contribution in [-0.4, -0.2) is 14.8 Å². The number of nitrogens with zero attached hydrogens (tertiary/aromatic N) is 4. The topological polar surface area (TPSA) is 47.1 Å². The Hall–Kier alpha value is -8.02. The first kappa shape index (κ1) is 34.2. The van der Waals surface area contributed by atoms with E-state index in [0.717, 1.165) is 39.4 Å². The molecule has 0 aliphatic carbocycles. The maximum Gasteiger partial charge on any atom is 0.248 e. The van der Waals surface area contributed by atoms with Crippen molar-refractivity contribution in [1.82, 2.24) is 14.8 Å². The van der Waals surface area contributed by atoms with Crippen molar-refractivity contribution in [2.45, 2.75) is 0 Å². The maximum absolute atomic E-state index is 6.10. The van der Waals surface area contributed by atoms with E-state index in [-0.39, 0.29) is 0 Å². The number of aromatic nitrogens is 3. The third-order valence-corrected chi connectivity index (χ3v) is 11.2. The molecule has 2 aromatic heterocycles. The fourth-order valence-electron chi connectivity index (χ4n) is 8.32. The maximum atomic E-state index is 6.10. The monoisotopic (exact) mass is 756 g/mol. The highest BCUT2D eigenvalue weighted by Gasteiger charge is 2.17. The van der Waals surface area contributed by atoms with E-state index in [1.165, 1.54) is 49.3 Å². The molecule has 2 heterocycles. The molecule has 11 aromatic rings. The van der Waals surface area contributed by atoms with Crippen LogP contribution in [0.1, 0.15) is 0 Å². The van der Waals surface area contributed by atoms with Crippen LogP contribution in [0.5, 0.6) is 0 Å².